The third-order valence-electron chi connectivity index (χ3n) is 3.53. The molecule has 0 saturated heterocycles. The van der Waals surface area contributed by atoms with Crippen LogP contribution in [0.3, 0.4) is 0 Å². The van der Waals surface area contributed by atoms with Crippen LogP contribution in [0.1, 0.15) is 53.3 Å². The third kappa shape index (κ3) is 3.48. The molecule has 0 aliphatic carbocycles. The van der Waals surface area contributed by atoms with Gasteiger partial charge in [-0.1, -0.05) is 38.3 Å². The number of imide groups is 1. The number of nitrogens with one attached hydrogen (secondary N) is 1. The number of carbonyl (C=O) groups is 3. The fourth-order valence-corrected chi connectivity index (χ4v) is 2.36. The van der Waals surface area contributed by atoms with E-state index in [9.17, 15) is 14.4 Å². The number of rotatable bonds is 7. The highest BCUT2D eigenvalue weighted by Crippen LogP contribution is 2.21. The van der Waals surface area contributed by atoms with Crippen LogP contribution in [0.2, 0.25) is 0 Å². The van der Waals surface area contributed by atoms with E-state index in [2.05, 4.69) is 12.2 Å². The molecule has 1 heterocycles. The van der Waals surface area contributed by atoms with E-state index >= 15 is 0 Å². The van der Waals surface area contributed by atoms with Crippen molar-refractivity contribution in [2.45, 2.75) is 32.6 Å². The minimum Gasteiger partial charge on any atom is -0.355 e. The lowest BCUT2D eigenvalue weighted by molar-refractivity contribution is -0.121. The van der Waals surface area contributed by atoms with Gasteiger partial charge in [-0.25, -0.2) is 0 Å². The number of amides is 3. The molecule has 2 rings (SSSR count). The van der Waals surface area contributed by atoms with Gasteiger partial charge in [0.05, 0.1) is 11.1 Å². The largest absolute Gasteiger partial charge is 0.355 e. The van der Waals surface area contributed by atoms with E-state index in [4.69, 9.17) is 0 Å². The maximum Gasteiger partial charge on any atom is 0.262 e. The van der Waals surface area contributed by atoms with Crippen LogP contribution in [0.5, 0.6) is 0 Å². The first kappa shape index (κ1) is 15.2. The van der Waals surface area contributed by atoms with Gasteiger partial charge in [0.15, 0.2) is 0 Å². The summed E-state index contributed by atoms with van der Waals surface area (Å²) in [4.78, 5) is 37.0. The molecular formula is C16H20N2O3. The van der Waals surface area contributed by atoms with Gasteiger partial charge < -0.3 is 5.32 Å². The fraction of sp³-hybridized carbons (Fsp3) is 0.438. The molecule has 0 fully saturated rings. The molecule has 112 valence electrons. The monoisotopic (exact) mass is 288 g/mol. The van der Waals surface area contributed by atoms with Gasteiger partial charge in [0.1, 0.15) is 6.54 Å². The van der Waals surface area contributed by atoms with Crippen LogP contribution in [0, 0.1) is 0 Å². The number of carbonyl (C=O) groups excluding carboxylic acids is 3. The fourth-order valence-electron chi connectivity index (χ4n) is 2.36. The van der Waals surface area contributed by atoms with Gasteiger partial charge in [0, 0.05) is 6.54 Å². The smallest absolute Gasteiger partial charge is 0.262 e. The zero-order valence-corrected chi connectivity index (χ0v) is 12.2. The summed E-state index contributed by atoms with van der Waals surface area (Å²) >= 11 is 0. The van der Waals surface area contributed by atoms with Gasteiger partial charge in [-0.15, -0.1) is 0 Å². The van der Waals surface area contributed by atoms with Crippen molar-refractivity contribution in [2.24, 2.45) is 0 Å². The van der Waals surface area contributed by atoms with Crippen molar-refractivity contribution in [3.63, 3.8) is 0 Å². The molecule has 0 aromatic heterocycles. The molecule has 0 bridgehead atoms. The van der Waals surface area contributed by atoms with Gasteiger partial charge in [-0.05, 0) is 18.6 Å². The lowest BCUT2D eigenvalue weighted by Crippen LogP contribution is -2.40. The third-order valence-corrected chi connectivity index (χ3v) is 3.53. The van der Waals surface area contributed by atoms with Crippen LogP contribution in [0.15, 0.2) is 24.3 Å². The summed E-state index contributed by atoms with van der Waals surface area (Å²) in [5, 5.41) is 2.75. The molecule has 1 aliphatic rings. The van der Waals surface area contributed by atoms with E-state index in [0.717, 1.165) is 30.6 Å². The van der Waals surface area contributed by atoms with Crippen LogP contribution in [-0.2, 0) is 4.79 Å². The summed E-state index contributed by atoms with van der Waals surface area (Å²) in [5.74, 6) is -1.07. The summed E-state index contributed by atoms with van der Waals surface area (Å²) < 4.78 is 0. The summed E-state index contributed by atoms with van der Waals surface area (Å²) in [6.07, 6.45) is 4.28. The molecule has 0 atom stereocenters. The lowest BCUT2D eigenvalue weighted by Gasteiger charge is -2.13. The van der Waals surface area contributed by atoms with Crippen LogP contribution in [-0.4, -0.2) is 35.7 Å². The van der Waals surface area contributed by atoms with Crippen molar-refractivity contribution in [3.8, 4) is 0 Å². The zero-order chi connectivity index (χ0) is 15.2. The molecular weight excluding hydrogens is 268 g/mol. The summed E-state index contributed by atoms with van der Waals surface area (Å²) in [6.45, 7) is 2.50. The van der Waals surface area contributed by atoms with Crippen molar-refractivity contribution in [3.05, 3.63) is 35.4 Å². The Kier molecular flexibility index (Phi) is 5.09. The molecule has 0 radical (unpaired) electrons. The van der Waals surface area contributed by atoms with Crippen molar-refractivity contribution in [1.29, 1.82) is 0 Å². The maximum atomic E-state index is 12.1. The molecule has 0 saturated carbocycles. The second-order valence-corrected chi connectivity index (χ2v) is 5.15. The van der Waals surface area contributed by atoms with E-state index in [1.54, 1.807) is 24.3 Å². The molecule has 5 heteroatoms. The normalized spacial score (nSPS) is 13.5. The second kappa shape index (κ2) is 7.02. The Labute approximate surface area is 124 Å². The van der Waals surface area contributed by atoms with Gasteiger partial charge in [0.25, 0.3) is 11.8 Å². The van der Waals surface area contributed by atoms with E-state index < -0.39 is 11.8 Å². The van der Waals surface area contributed by atoms with E-state index in [-0.39, 0.29) is 12.5 Å². The molecule has 1 aliphatic heterocycles. The van der Waals surface area contributed by atoms with Crippen molar-refractivity contribution in [1.82, 2.24) is 10.2 Å². The van der Waals surface area contributed by atoms with Crippen LogP contribution in [0.25, 0.3) is 0 Å². The average molecular weight is 288 g/mol. The second-order valence-electron chi connectivity index (χ2n) is 5.15. The molecule has 1 N–H and O–H groups in total. The molecule has 1 aromatic carbocycles. The van der Waals surface area contributed by atoms with E-state index in [0.29, 0.717) is 17.7 Å². The van der Waals surface area contributed by atoms with Crippen LogP contribution < -0.4 is 5.32 Å². The topological polar surface area (TPSA) is 66.5 Å². The van der Waals surface area contributed by atoms with Gasteiger partial charge in [0.2, 0.25) is 5.91 Å². The SMILES string of the molecule is CCCCCCNC(=O)CN1C(=O)c2ccccc2C1=O. The summed E-state index contributed by atoms with van der Waals surface area (Å²) in [7, 11) is 0. The first-order chi connectivity index (χ1) is 10.1. The van der Waals surface area contributed by atoms with Crippen molar-refractivity contribution in [2.75, 3.05) is 13.1 Å². The number of nitrogens with zero attached hydrogens (tertiary/aromatic N) is 1. The van der Waals surface area contributed by atoms with Crippen LogP contribution >= 0.6 is 0 Å². The Morgan fingerprint density at radius 3 is 2.24 bits per heavy atom. The molecule has 21 heavy (non-hydrogen) atoms. The highest BCUT2D eigenvalue weighted by atomic mass is 16.2. The molecule has 0 spiro atoms. The lowest BCUT2D eigenvalue weighted by atomic mass is 10.1. The number of unbranched alkanes of at least 4 members (excludes halogenated alkanes) is 3. The van der Waals surface area contributed by atoms with Gasteiger partial charge >= 0.3 is 0 Å². The van der Waals surface area contributed by atoms with Crippen molar-refractivity contribution >= 4 is 17.7 Å². The standard InChI is InChI=1S/C16H20N2O3/c1-2-3-4-7-10-17-14(19)11-18-15(20)12-8-5-6-9-13(12)16(18)21/h5-6,8-9H,2-4,7,10-11H2,1H3,(H,17,19). The van der Waals surface area contributed by atoms with E-state index in [1.807, 2.05) is 0 Å². The average Bonchev–Trinajstić information content (AvgIpc) is 2.73. The Morgan fingerprint density at radius 1 is 1.05 bits per heavy atom. The quantitative estimate of drug-likeness (QED) is 0.616. The number of hydrogen-bond acceptors (Lipinski definition) is 3. The van der Waals surface area contributed by atoms with Gasteiger partial charge in [-0.3, -0.25) is 19.3 Å². The Bertz CT molecular complexity index is 519. The van der Waals surface area contributed by atoms with Crippen molar-refractivity contribution < 1.29 is 14.4 Å². The molecule has 1 aromatic rings. The predicted octanol–water partition coefficient (Wildman–Crippen LogP) is 1.98. The van der Waals surface area contributed by atoms with E-state index in [1.165, 1.54) is 0 Å². The number of hydrogen-bond donors (Lipinski definition) is 1. The molecule has 5 nitrogen and oxygen atoms in total. The Balaban J connectivity index is 1.86. The number of fused-ring (bicyclic) bond motifs is 1. The van der Waals surface area contributed by atoms with Crippen LogP contribution in [0.4, 0.5) is 0 Å². The summed E-state index contributed by atoms with van der Waals surface area (Å²) in [6, 6.07) is 6.64. The van der Waals surface area contributed by atoms with Gasteiger partial charge in [-0.2, -0.15) is 0 Å². The highest BCUT2D eigenvalue weighted by Gasteiger charge is 2.35. The first-order valence-corrected chi connectivity index (χ1v) is 7.37. The Morgan fingerprint density at radius 2 is 1.67 bits per heavy atom. The minimum atomic E-state index is -0.392. The minimum absolute atomic E-state index is 0.208. The first-order valence-electron chi connectivity index (χ1n) is 7.37. The molecule has 0 unspecified atom stereocenters. The maximum absolute atomic E-state index is 12.1. The number of benzene rings is 1. The zero-order valence-electron chi connectivity index (χ0n) is 12.2. The molecule has 3 amide bonds. The summed E-state index contributed by atoms with van der Waals surface area (Å²) in [5.41, 5.74) is 0.747. The highest BCUT2D eigenvalue weighted by molar-refractivity contribution is 6.22. The predicted molar refractivity (Wildman–Crippen MR) is 79.0 cm³/mol. The Hall–Kier alpha value is -2.17.